The summed E-state index contributed by atoms with van der Waals surface area (Å²) in [5.74, 6) is 0.529. The first-order valence-electron chi connectivity index (χ1n) is 6.03. The number of nitrogens with zero attached hydrogens (tertiary/aromatic N) is 2. The van der Waals surface area contributed by atoms with Crippen LogP contribution in [0.15, 0.2) is 65.2 Å². The number of aliphatic hydroxyl groups is 1. The molecule has 3 aliphatic rings. The van der Waals surface area contributed by atoms with Crippen molar-refractivity contribution in [2.24, 2.45) is 11.0 Å². The molecule has 2 N–H and O–H groups in total. The zero-order chi connectivity index (χ0) is 12.5. The highest BCUT2D eigenvalue weighted by Crippen LogP contribution is 2.21. The molecule has 0 bridgehead atoms. The zero-order valence-electron chi connectivity index (χ0n) is 10.1. The molecule has 1 aliphatic heterocycles. The van der Waals surface area contributed by atoms with Crippen LogP contribution in [0.1, 0.15) is 6.92 Å². The van der Waals surface area contributed by atoms with E-state index >= 15 is 0 Å². The quantitative estimate of drug-likeness (QED) is 0.739. The van der Waals surface area contributed by atoms with Gasteiger partial charge in [0.05, 0.1) is 11.8 Å². The van der Waals surface area contributed by atoms with Crippen molar-refractivity contribution >= 4 is 5.71 Å². The Labute approximate surface area is 106 Å². The average molecular weight is 241 g/mol. The van der Waals surface area contributed by atoms with Crippen molar-refractivity contribution in [2.75, 3.05) is 0 Å². The van der Waals surface area contributed by atoms with E-state index in [1.165, 1.54) is 0 Å². The Morgan fingerprint density at radius 3 is 2.83 bits per heavy atom. The van der Waals surface area contributed by atoms with Gasteiger partial charge in [-0.2, -0.15) is 15.6 Å². The normalized spacial score (nSPS) is 29.6. The summed E-state index contributed by atoms with van der Waals surface area (Å²) in [4.78, 5) is 0. The molecule has 0 aromatic rings. The molecule has 0 aromatic heterocycles. The van der Waals surface area contributed by atoms with Gasteiger partial charge in [0, 0.05) is 0 Å². The number of nitrogens with one attached hydrogen (secondary N) is 1. The second-order valence-corrected chi connectivity index (χ2v) is 4.54. The molecule has 2 unspecified atom stereocenters. The Balaban J connectivity index is 1.91. The smallest absolute Gasteiger partial charge is 0.142 e. The molecule has 0 saturated carbocycles. The van der Waals surface area contributed by atoms with Gasteiger partial charge in [-0.25, -0.2) is 0 Å². The lowest BCUT2D eigenvalue weighted by Crippen LogP contribution is -2.36. The third-order valence-electron chi connectivity index (χ3n) is 3.08. The van der Waals surface area contributed by atoms with Crippen LogP contribution in [0.25, 0.3) is 0 Å². The van der Waals surface area contributed by atoms with Crippen molar-refractivity contribution in [3.8, 4) is 0 Å². The molecule has 2 aliphatic carbocycles. The second kappa shape index (κ2) is 4.31. The predicted molar refractivity (Wildman–Crippen MR) is 71.6 cm³/mol. The number of fused-ring (bicyclic) bond motifs is 1. The summed E-state index contributed by atoms with van der Waals surface area (Å²) in [6.07, 6.45) is 15.5. The molecule has 3 rings (SSSR count). The van der Waals surface area contributed by atoms with Gasteiger partial charge in [0.1, 0.15) is 11.5 Å². The van der Waals surface area contributed by atoms with E-state index in [1.807, 2.05) is 42.5 Å². The summed E-state index contributed by atoms with van der Waals surface area (Å²) >= 11 is 0. The van der Waals surface area contributed by atoms with E-state index in [9.17, 15) is 5.11 Å². The molecule has 0 aromatic carbocycles. The SMILES string of the molecule is CC1C=CC(O)=C(N2N=C3C=CC=CC3N2)C=C1. The monoisotopic (exact) mass is 241 g/mol. The zero-order valence-corrected chi connectivity index (χ0v) is 10.1. The van der Waals surface area contributed by atoms with Gasteiger partial charge in [0.25, 0.3) is 0 Å². The number of hydrazine groups is 1. The number of hydrogen-bond acceptors (Lipinski definition) is 4. The van der Waals surface area contributed by atoms with E-state index in [0.29, 0.717) is 11.6 Å². The topological polar surface area (TPSA) is 47.9 Å². The number of allylic oxidation sites excluding steroid dienone is 6. The van der Waals surface area contributed by atoms with Crippen LogP contribution in [0.3, 0.4) is 0 Å². The van der Waals surface area contributed by atoms with Gasteiger partial charge < -0.3 is 5.11 Å². The molecule has 18 heavy (non-hydrogen) atoms. The lowest BCUT2D eigenvalue weighted by Gasteiger charge is -2.17. The lowest BCUT2D eigenvalue weighted by molar-refractivity contribution is 0.273. The molecule has 0 amide bonds. The van der Waals surface area contributed by atoms with E-state index in [2.05, 4.69) is 17.5 Å². The van der Waals surface area contributed by atoms with Crippen molar-refractivity contribution in [2.45, 2.75) is 13.0 Å². The Morgan fingerprint density at radius 2 is 2.00 bits per heavy atom. The van der Waals surface area contributed by atoms with E-state index < -0.39 is 0 Å². The Kier molecular flexibility index (Phi) is 2.64. The molecule has 1 heterocycles. The van der Waals surface area contributed by atoms with Crippen LogP contribution in [-0.2, 0) is 0 Å². The minimum Gasteiger partial charge on any atom is -0.506 e. The van der Waals surface area contributed by atoms with Crippen molar-refractivity contribution in [3.05, 3.63) is 60.1 Å². The molecular weight excluding hydrogens is 226 g/mol. The maximum atomic E-state index is 10.0. The fraction of sp³-hybridized carbons (Fsp3) is 0.214. The van der Waals surface area contributed by atoms with Crippen molar-refractivity contribution < 1.29 is 5.11 Å². The molecule has 0 spiro atoms. The molecule has 0 radical (unpaired) electrons. The van der Waals surface area contributed by atoms with Crippen LogP contribution >= 0.6 is 0 Å². The van der Waals surface area contributed by atoms with Crippen LogP contribution in [0.4, 0.5) is 0 Å². The van der Waals surface area contributed by atoms with E-state index in [-0.39, 0.29) is 11.8 Å². The van der Waals surface area contributed by atoms with Gasteiger partial charge in [0.15, 0.2) is 0 Å². The maximum Gasteiger partial charge on any atom is 0.142 e. The Bertz CT molecular complexity index is 537. The fourth-order valence-corrected chi connectivity index (χ4v) is 2.04. The summed E-state index contributed by atoms with van der Waals surface area (Å²) in [6.45, 7) is 2.07. The maximum absolute atomic E-state index is 10.0. The van der Waals surface area contributed by atoms with Crippen molar-refractivity contribution in [1.82, 2.24) is 10.5 Å². The number of aliphatic hydroxyl groups excluding tert-OH is 1. The van der Waals surface area contributed by atoms with Crippen LogP contribution in [0, 0.1) is 5.92 Å². The summed E-state index contributed by atoms with van der Waals surface area (Å²) in [5, 5.41) is 16.1. The van der Waals surface area contributed by atoms with E-state index in [0.717, 1.165) is 5.71 Å². The summed E-state index contributed by atoms with van der Waals surface area (Å²) < 4.78 is 0. The van der Waals surface area contributed by atoms with Crippen LogP contribution in [0.2, 0.25) is 0 Å². The number of hydrazone groups is 1. The first-order chi connectivity index (χ1) is 8.74. The first-order valence-corrected chi connectivity index (χ1v) is 6.03. The van der Waals surface area contributed by atoms with Crippen molar-refractivity contribution in [3.63, 3.8) is 0 Å². The summed E-state index contributed by atoms with van der Waals surface area (Å²) in [6, 6.07) is 0.0911. The molecule has 4 heteroatoms. The highest BCUT2D eigenvalue weighted by molar-refractivity contribution is 6.02. The van der Waals surface area contributed by atoms with Crippen LogP contribution < -0.4 is 5.43 Å². The molecule has 2 atom stereocenters. The number of hydrogen-bond donors (Lipinski definition) is 2. The molecule has 0 fully saturated rings. The largest absolute Gasteiger partial charge is 0.506 e. The van der Waals surface area contributed by atoms with Crippen molar-refractivity contribution in [1.29, 1.82) is 0 Å². The van der Waals surface area contributed by atoms with Gasteiger partial charge in [-0.1, -0.05) is 37.3 Å². The minimum absolute atomic E-state index is 0.0911. The standard InChI is InChI=1S/C14H15N3O/c1-10-6-8-13(14(18)9-7-10)17-15-11-4-2-3-5-12(11)16-17/h2-11,15,18H,1H3. The highest BCUT2D eigenvalue weighted by atomic mass is 16.3. The van der Waals surface area contributed by atoms with Crippen LogP contribution in [0.5, 0.6) is 0 Å². The third kappa shape index (κ3) is 1.91. The van der Waals surface area contributed by atoms with Crippen LogP contribution in [-0.4, -0.2) is 22.0 Å². The van der Waals surface area contributed by atoms with Gasteiger partial charge in [-0.05, 0) is 24.1 Å². The predicted octanol–water partition coefficient (Wildman–Crippen LogP) is 2.19. The summed E-state index contributed by atoms with van der Waals surface area (Å²) in [7, 11) is 0. The minimum atomic E-state index is 0.0911. The molecule has 4 nitrogen and oxygen atoms in total. The Hall–Kier alpha value is -2.07. The third-order valence-corrected chi connectivity index (χ3v) is 3.08. The number of rotatable bonds is 1. The molecule has 0 saturated heterocycles. The van der Waals surface area contributed by atoms with Gasteiger partial charge >= 0.3 is 0 Å². The molecular formula is C14H15N3O. The van der Waals surface area contributed by atoms with Gasteiger partial charge in [-0.3, -0.25) is 0 Å². The van der Waals surface area contributed by atoms with Gasteiger partial charge in [-0.15, -0.1) is 0 Å². The first kappa shape index (κ1) is 11.0. The average Bonchev–Trinajstić information content (AvgIpc) is 2.72. The fourth-order valence-electron chi connectivity index (χ4n) is 2.04. The molecule has 92 valence electrons. The van der Waals surface area contributed by atoms with E-state index in [1.54, 1.807) is 11.2 Å². The summed E-state index contributed by atoms with van der Waals surface area (Å²) in [5.41, 5.74) is 4.84. The Morgan fingerprint density at radius 1 is 1.17 bits per heavy atom. The lowest BCUT2D eigenvalue weighted by atomic mass is 10.1. The second-order valence-electron chi connectivity index (χ2n) is 4.54. The highest BCUT2D eigenvalue weighted by Gasteiger charge is 2.26. The van der Waals surface area contributed by atoms with Gasteiger partial charge in [0.2, 0.25) is 0 Å². The van der Waals surface area contributed by atoms with E-state index in [4.69, 9.17) is 0 Å².